The molecule has 0 atom stereocenters. The summed E-state index contributed by atoms with van der Waals surface area (Å²) in [6.07, 6.45) is 0. The molecular formula is C7H5ClN2S. The number of hydrogen-bond donors (Lipinski definition) is 0. The molecule has 0 saturated carbocycles. The van der Waals surface area contributed by atoms with E-state index in [2.05, 4.69) is 9.97 Å². The first-order valence-corrected chi connectivity index (χ1v) is 4.40. The third kappa shape index (κ3) is 1.10. The van der Waals surface area contributed by atoms with E-state index in [1.54, 1.807) is 11.3 Å². The molecule has 0 aliphatic heterocycles. The largest absolute Gasteiger partial charge is 0.223 e. The molecule has 2 aromatic heterocycles. The molecule has 4 heteroatoms. The Kier molecular flexibility index (Phi) is 1.55. The van der Waals surface area contributed by atoms with Crippen molar-refractivity contribution in [2.45, 2.75) is 6.92 Å². The van der Waals surface area contributed by atoms with E-state index in [1.807, 2.05) is 18.4 Å². The number of nitrogens with zero attached hydrogens (tertiary/aromatic N) is 2. The molecule has 0 N–H and O–H groups in total. The van der Waals surface area contributed by atoms with E-state index in [0.29, 0.717) is 5.28 Å². The molecule has 56 valence electrons. The summed E-state index contributed by atoms with van der Waals surface area (Å²) in [5.74, 6) is 0. The van der Waals surface area contributed by atoms with Crippen LogP contribution in [0.5, 0.6) is 0 Å². The molecule has 0 aliphatic carbocycles. The molecule has 2 heterocycles. The van der Waals surface area contributed by atoms with Gasteiger partial charge in [-0.2, -0.15) is 0 Å². The van der Waals surface area contributed by atoms with Crippen molar-refractivity contribution >= 4 is 33.2 Å². The summed E-state index contributed by atoms with van der Waals surface area (Å²) in [7, 11) is 0. The van der Waals surface area contributed by atoms with Crippen LogP contribution in [-0.4, -0.2) is 9.97 Å². The van der Waals surface area contributed by atoms with E-state index >= 15 is 0 Å². The molecule has 0 aliphatic rings. The van der Waals surface area contributed by atoms with Crippen molar-refractivity contribution in [3.63, 3.8) is 0 Å². The van der Waals surface area contributed by atoms with Gasteiger partial charge in [0, 0.05) is 5.39 Å². The Balaban J connectivity index is 2.91. The van der Waals surface area contributed by atoms with Crippen LogP contribution in [0.4, 0.5) is 0 Å². The van der Waals surface area contributed by atoms with Crippen molar-refractivity contribution in [1.29, 1.82) is 0 Å². The maximum Gasteiger partial charge on any atom is 0.223 e. The lowest BCUT2D eigenvalue weighted by Crippen LogP contribution is -1.85. The number of halogens is 1. The van der Waals surface area contributed by atoms with Crippen LogP contribution in [-0.2, 0) is 0 Å². The van der Waals surface area contributed by atoms with Gasteiger partial charge in [0.15, 0.2) is 0 Å². The van der Waals surface area contributed by atoms with Crippen LogP contribution in [0.2, 0.25) is 5.28 Å². The van der Waals surface area contributed by atoms with Crippen LogP contribution < -0.4 is 0 Å². The van der Waals surface area contributed by atoms with Gasteiger partial charge in [0.1, 0.15) is 4.83 Å². The predicted octanol–water partition coefficient (Wildman–Crippen LogP) is 2.65. The molecule has 0 fully saturated rings. The molecule has 0 amide bonds. The molecular weight excluding hydrogens is 180 g/mol. The van der Waals surface area contributed by atoms with E-state index in [9.17, 15) is 0 Å². The fourth-order valence-corrected chi connectivity index (χ4v) is 2.05. The fraction of sp³-hybridized carbons (Fsp3) is 0.143. The highest BCUT2D eigenvalue weighted by molar-refractivity contribution is 7.16. The van der Waals surface area contributed by atoms with Gasteiger partial charge in [-0.15, -0.1) is 11.3 Å². The van der Waals surface area contributed by atoms with Crippen molar-refractivity contribution in [1.82, 2.24) is 9.97 Å². The van der Waals surface area contributed by atoms with Crippen LogP contribution in [0.1, 0.15) is 5.69 Å². The maximum absolute atomic E-state index is 5.67. The molecule has 0 saturated heterocycles. The number of rotatable bonds is 0. The predicted molar refractivity (Wildman–Crippen MR) is 47.2 cm³/mol. The SMILES string of the molecule is Cc1nc(Cl)nc2sccc12. The zero-order valence-corrected chi connectivity index (χ0v) is 7.41. The van der Waals surface area contributed by atoms with Gasteiger partial charge in [-0.3, -0.25) is 0 Å². The van der Waals surface area contributed by atoms with Crippen LogP contribution in [0.15, 0.2) is 11.4 Å². The summed E-state index contributed by atoms with van der Waals surface area (Å²) in [5, 5.41) is 3.42. The highest BCUT2D eigenvalue weighted by Crippen LogP contribution is 2.21. The van der Waals surface area contributed by atoms with Crippen LogP contribution >= 0.6 is 22.9 Å². The minimum absolute atomic E-state index is 0.331. The van der Waals surface area contributed by atoms with E-state index in [1.165, 1.54) is 0 Å². The highest BCUT2D eigenvalue weighted by atomic mass is 35.5. The summed E-state index contributed by atoms with van der Waals surface area (Å²) in [4.78, 5) is 9.06. The number of aromatic nitrogens is 2. The summed E-state index contributed by atoms with van der Waals surface area (Å²) in [6, 6.07) is 2.01. The number of fused-ring (bicyclic) bond motifs is 1. The van der Waals surface area contributed by atoms with Gasteiger partial charge in [-0.25, -0.2) is 9.97 Å². The monoisotopic (exact) mass is 184 g/mol. The Bertz CT molecular complexity index is 396. The van der Waals surface area contributed by atoms with Gasteiger partial charge in [-0.05, 0) is 30.0 Å². The molecule has 0 spiro atoms. The Hall–Kier alpha value is -0.670. The highest BCUT2D eigenvalue weighted by Gasteiger charge is 2.02. The zero-order chi connectivity index (χ0) is 7.84. The van der Waals surface area contributed by atoms with E-state index in [0.717, 1.165) is 15.9 Å². The third-order valence-corrected chi connectivity index (χ3v) is 2.46. The van der Waals surface area contributed by atoms with Crippen LogP contribution in [0.3, 0.4) is 0 Å². The van der Waals surface area contributed by atoms with Crippen LogP contribution in [0.25, 0.3) is 10.2 Å². The maximum atomic E-state index is 5.67. The Morgan fingerprint density at radius 1 is 1.45 bits per heavy atom. The molecule has 0 unspecified atom stereocenters. The third-order valence-electron chi connectivity index (χ3n) is 1.49. The summed E-state index contributed by atoms with van der Waals surface area (Å²) in [6.45, 7) is 1.93. The van der Waals surface area contributed by atoms with Crippen molar-refractivity contribution in [3.05, 3.63) is 22.4 Å². The minimum Gasteiger partial charge on any atom is -0.223 e. The van der Waals surface area contributed by atoms with Crippen molar-refractivity contribution in [2.24, 2.45) is 0 Å². The molecule has 0 radical (unpaired) electrons. The molecule has 2 rings (SSSR count). The first-order chi connectivity index (χ1) is 5.27. The van der Waals surface area contributed by atoms with Gasteiger partial charge in [0.05, 0.1) is 5.69 Å². The lowest BCUT2D eigenvalue weighted by atomic mass is 10.3. The van der Waals surface area contributed by atoms with Gasteiger partial charge in [0.25, 0.3) is 0 Å². The Morgan fingerprint density at radius 3 is 3.09 bits per heavy atom. The quantitative estimate of drug-likeness (QED) is 0.589. The van der Waals surface area contributed by atoms with Gasteiger partial charge < -0.3 is 0 Å². The first kappa shape index (κ1) is 7.00. The number of thiophene rings is 1. The smallest absolute Gasteiger partial charge is 0.223 e. The normalized spacial score (nSPS) is 10.7. The second-order valence-electron chi connectivity index (χ2n) is 2.22. The number of aryl methyl sites for hydroxylation is 1. The summed E-state index contributed by atoms with van der Waals surface area (Å²) >= 11 is 7.25. The molecule has 11 heavy (non-hydrogen) atoms. The first-order valence-electron chi connectivity index (χ1n) is 3.15. The average Bonchev–Trinajstić information content (AvgIpc) is 2.34. The Morgan fingerprint density at radius 2 is 2.27 bits per heavy atom. The molecule has 2 aromatic rings. The second-order valence-corrected chi connectivity index (χ2v) is 3.45. The lowest BCUT2D eigenvalue weighted by Gasteiger charge is -1.93. The van der Waals surface area contributed by atoms with Crippen molar-refractivity contribution < 1.29 is 0 Å². The second kappa shape index (κ2) is 2.43. The fourth-order valence-electron chi connectivity index (χ4n) is 0.971. The molecule has 0 aromatic carbocycles. The van der Waals surface area contributed by atoms with Gasteiger partial charge in [0.2, 0.25) is 5.28 Å². The van der Waals surface area contributed by atoms with Crippen molar-refractivity contribution in [3.8, 4) is 0 Å². The minimum atomic E-state index is 0.331. The lowest BCUT2D eigenvalue weighted by molar-refractivity contribution is 1.16. The van der Waals surface area contributed by atoms with E-state index < -0.39 is 0 Å². The van der Waals surface area contributed by atoms with Gasteiger partial charge in [-0.1, -0.05) is 0 Å². The summed E-state index contributed by atoms with van der Waals surface area (Å²) in [5.41, 5.74) is 0.946. The standard InChI is InChI=1S/C7H5ClN2S/c1-4-5-2-3-11-6(5)10-7(8)9-4/h2-3H,1H3. The average molecular weight is 185 g/mol. The topological polar surface area (TPSA) is 25.8 Å². The van der Waals surface area contributed by atoms with E-state index in [-0.39, 0.29) is 0 Å². The van der Waals surface area contributed by atoms with Crippen molar-refractivity contribution in [2.75, 3.05) is 0 Å². The Labute approximate surface area is 72.9 Å². The summed E-state index contributed by atoms with van der Waals surface area (Å²) < 4.78 is 0. The van der Waals surface area contributed by atoms with E-state index in [4.69, 9.17) is 11.6 Å². The zero-order valence-electron chi connectivity index (χ0n) is 5.84. The number of hydrogen-bond acceptors (Lipinski definition) is 3. The van der Waals surface area contributed by atoms with Gasteiger partial charge >= 0.3 is 0 Å². The van der Waals surface area contributed by atoms with Crippen LogP contribution in [0, 0.1) is 6.92 Å². The molecule has 0 bridgehead atoms. The molecule has 2 nitrogen and oxygen atoms in total.